The van der Waals surface area contributed by atoms with E-state index in [1.807, 2.05) is 38.1 Å². The zero-order chi connectivity index (χ0) is 17.1. The summed E-state index contributed by atoms with van der Waals surface area (Å²) in [6, 6.07) is 11.2. The first-order valence-electron chi connectivity index (χ1n) is 7.77. The summed E-state index contributed by atoms with van der Waals surface area (Å²) in [4.78, 5) is 16.2. The van der Waals surface area contributed by atoms with Crippen molar-refractivity contribution in [3.8, 4) is 11.3 Å². The summed E-state index contributed by atoms with van der Waals surface area (Å²) in [5.74, 6) is -0.109. The van der Waals surface area contributed by atoms with Crippen molar-refractivity contribution in [3.05, 3.63) is 53.7 Å². The number of nitrogens with one attached hydrogen (secondary N) is 1. The zero-order valence-electron chi connectivity index (χ0n) is 14.0. The molecule has 0 unspecified atom stereocenters. The Morgan fingerprint density at radius 1 is 1.22 bits per heavy atom. The van der Waals surface area contributed by atoms with Crippen LogP contribution in [0.3, 0.4) is 0 Å². The van der Waals surface area contributed by atoms with Gasteiger partial charge in [-0.15, -0.1) is 0 Å². The first-order valence-corrected chi connectivity index (χ1v) is 7.77. The fourth-order valence-electron chi connectivity index (χ4n) is 1.92. The van der Waals surface area contributed by atoms with E-state index in [0.717, 1.165) is 16.8 Å². The number of carbonyl (C=O) groups is 1. The number of rotatable bonds is 6. The molecule has 0 bridgehead atoms. The average Bonchev–Trinajstić information content (AvgIpc) is 2.63. The van der Waals surface area contributed by atoms with Crippen molar-refractivity contribution >= 4 is 5.91 Å². The van der Waals surface area contributed by atoms with Crippen molar-refractivity contribution in [1.29, 1.82) is 0 Å². The quantitative estimate of drug-likeness (QED) is 0.803. The first-order chi connectivity index (χ1) is 11.2. The lowest BCUT2D eigenvalue weighted by atomic mass is 10.1. The van der Waals surface area contributed by atoms with Crippen LogP contribution in [0.5, 0.6) is 0 Å². The maximum Gasteiger partial charge on any atom is 0.251 e. The molecule has 124 valence electrons. The van der Waals surface area contributed by atoms with Gasteiger partial charge in [-0.1, -0.05) is 26.0 Å². The van der Waals surface area contributed by atoms with Crippen molar-refractivity contribution in [2.24, 2.45) is 5.73 Å². The topological polar surface area (TPSA) is 77.2 Å². The molecule has 0 fully saturated rings. The molecule has 1 heterocycles. The van der Waals surface area contributed by atoms with Gasteiger partial charge in [0, 0.05) is 37.5 Å². The molecule has 1 amide bonds. The van der Waals surface area contributed by atoms with E-state index in [1.165, 1.54) is 0 Å². The van der Waals surface area contributed by atoms with Crippen molar-refractivity contribution in [2.75, 3.05) is 20.3 Å². The van der Waals surface area contributed by atoms with Crippen molar-refractivity contribution in [1.82, 2.24) is 10.3 Å². The minimum atomic E-state index is -0.109. The molecule has 0 aliphatic rings. The fraction of sp³-hybridized carbons (Fsp3) is 0.333. The van der Waals surface area contributed by atoms with Crippen LogP contribution in [-0.4, -0.2) is 31.2 Å². The van der Waals surface area contributed by atoms with Crippen LogP contribution in [0.2, 0.25) is 0 Å². The second-order valence-electron chi connectivity index (χ2n) is 4.58. The number of methoxy groups -OCH3 is 1. The predicted molar refractivity (Wildman–Crippen MR) is 93.1 cm³/mol. The van der Waals surface area contributed by atoms with Gasteiger partial charge in [-0.3, -0.25) is 9.78 Å². The molecule has 1 aromatic heterocycles. The van der Waals surface area contributed by atoms with Gasteiger partial charge in [0.25, 0.3) is 5.91 Å². The van der Waals surface area contributed by atoms with E-state index in [1.54, 1.807) is 25.4 Å². The van der Waals surface area contributed by atoms with Crippen LogP contribution in [0.4, 0.5) is 0 Å². The third-order valence-electron chi connectivity index (χ3n) is 3.09. The number of nitrogens with zero attached hydrogens (tertiary/aromatic N) is 1. The molecule has 0 spiro atoms. The highest BCUT2D eigenvalue weighted by Gasteiger charge is 2.06. The van der Waals surface area contributed by atoms with Gasteiger partial charge < -0.3 is 15.8 Å². The number of aromatic nitrogens is 1. The Labute approximate surface area is 137 Å². The van der Waals surface area contributed by atoms with Gasteiger partial charge in [0.1, 0.15) is 0 Å². The van der Waals surface area contributed by atoms with Gasteiger partial charge in [-0.2, -0.15) is 0 Å². The number of carbonyl (C=O) groups excluding carboxylic acids is 1. The number of ether oxygens (including phenoxy) is 1. The van der Waals surface area contributed by atoms with Crippen LogP contribution in [0.25, 0.3) is 11.3 Å². The molecule has 0 radical (unpaired) electrons. The Morgan fingerprint density at radius 3 is 2.52 bits per heavy atom. The molecule has 0 aliphatic carbocycles. The molecule has 23 heavy (non-hydrogen) atoms. The Balaban J connectivity index is 0.00000127. The molecule has 5 nitrogen and oxygen atoms in total. The van der Waals surface area contributed by atoms with Crippen LogP contribution >= 0.6 is 0 Å². The summed E-state index contributed by atoms with van der Waals surface area (Å²) < 4.78 is 4.89. The van der Waals surface area contributed by atoms with E-state index >= 15 is 0 Å². The van der Waals surface area contributed by atoms with E-state index in [0.29, 0.717) is 25.3 Å². The van der Waals surface area contributed by atoms with Gasteiger partial charge >= 0.3 is 0 Å². The minimum Gasteiger partial charge on any atom is -0.383 e. The second-order valence-corrected chi connectivity index (χ2v) is 4.58. The van der Waals surface area contributed by atoms with Gasteiger partial charge in [-0.05, 0) is 29.8 Å². The Kier molecular flexibility index (Phi) is 8.57. The minimum absolute atomic E-state index is 0.109. The third kappa shape index (κ3) is 5.81. The van der Waals surface area contributed by atoms with Crippen LogP contribution in [-0.2, 0) is 11.3 Å². The SMILES string of the molecule is CC.COCCNC(=O)c1ccc(-c2cc(CN)ccn2)cc1. The second kappa shape index (κ2) is 10.5. The summed E-state index contributed by atoms with van der Waals surface area (Å²) in [7, 11) is 1.60. The molecule has 1 aromatic carbocycles. The number of hydrogen-bond donors (Lipinski definition) is 2. The molecule has 3 N–H and O–H groups in total. The smallest absolute Gasteiger partial charge is 0.251 e. The van der Waals surface area contributed by atoms with Crippen molar-refractivity contribution in [2.45, 2.75) is 20.4 Å². The maximum absolute atomic E-state index is 11.9. The molecule has 5 heteroatoms. The van der Waals surface area contributed by atoms with Crippen molar-refractivity contribution in [3.63, 3.8) is 0 Å². The largest absolute Gasteiger partial charge is 0.383 e. The van der Waals surface area contributed by atoms with E-state index in [9.17, 15) is 4.79 Å². The Hall–Kier alpha value is -2.24. The lowest BCUT2D eigenvalue weighted by molar-refractivity contribution is 0.0937. The lowest BCUT2D eigenvalue weighted by Gasteiger charge is -2.06. The van der Waals surface area contributed by atoms with E-state index < -0.39 is 0 Å². The monoisotopic (exact) mass is 315 g/mol. The van der Waals surface area contributed by atoms with Crippen LogP contribution in [0.1, 0.15) is 29.8 Å². The summed E-state index contributed by atoms with van der Waals surface area (Å²) >= 11 is 0. The normalized spacial score (nSPS) is 9.74. The molecular weight excluding hydrogens is 290 g/mol. The summed E-state index contributed by atoms with van der Waals surface area (Å²) in [5.41, 5.74) is 9.08. The average molecular weight is 315 g/mol. The molecular formula is C18H25N3O2. The molecule has 0 saturated carbocycles. The molecule has 2 rings (SSSR count). The van der Waals surface area contributed by atoms with Gasteiger partial charge in [0.2, 0.25) is 0 Å². The van der Waals surface area contributed by atoms with Crippen LogP contribution in [0.15, 0.2) is 42.6 Å². The third-order valence-corrected chi connectivity index (χ3v) is 3.09. The highest BCUT2D eigenvalue weighted by Crippen LogP contribution is 2.18. The maximum atomic E-state index is 11.9. The summed E-state index contributed by atoms with van der Waals surface area (Å²) in [6.45, 7) is 5.48. The number of benzene rings is 1. The van der Waals surface area contributed by atoms with Gasteiger partial charge in [0.05, 0.1) is 12.3 Å². The highest BCUT2D eigenvalue weighted by atomic mass is 16.5. The highest BCUT2D eigenvalue weighted by molar-refractivity contribution is 5.94. The number of amides is 1. The standard InChI is InChI=1S/C16H19N3O2.C2H6/c1-21-9-8-19-16(20)14-4-2-13(3-5-14)15-10-12(11-17)6-7-18-15;1-2/h2-7,10H,8-9,11,17H2,1H3,(H,19,20);1-2H3. The zero-order valence-corrected chi connectivity index (χ0v) is 14.0. The Bertz CT molecular complexity index is 597. The lowest BCUT2D eigenvalue weighted by Crippen LogP contribution is -2.26. The van der Waals surface area contributed by atoms with Gasteiger partial charge in [0.15, 0.2) is 0 Å². The molecule has 0 aliphatic heterocycles. The van der Waals surface area contributed by atoms with E-state index in [-0.39, 0.29) is 5.91 Å². The Morgan fingerprint density at radius 2 is 1.91 bits per heavy atom. The van der Waals surface area contributed by atoms with E-state index in [4.69, 9.17) is 10.5 Å². The molecule has 0 atom stereocenters. The first kappa shape index (κ1) is 18.8. The summed E-state index contributed by atoms with van der Waals surface area (Å²) in [5, 5.41) is 2.78. The number of nitrogens with two attached hydrogens (primary N) is 1. The van der Waals surface area contributed by atoms with Gasteiger partial charge in [-0.25, -0.2) is 0 Å². The number of pyridine rings is 1. The predicted octanol–water partition coefficient (Wildman–Crippen LogP) is 2.61. The van der Waals surface area contributed by atoms with E-state index in [2.05, 4.69) is 10.3 Å². The fourth-order valence-corrected chi connectivity index (χ4v) is 1.92. The number of hydrogen-bond acceptors (Lipinski definition) is 4. The molecule has 0 saturated heterocycles. The van der Waals surface area contributed by atoms with Crippen LogP contribution in [0, 0.1) is 0 Å². The summed E-state index contributed by atoms with van der Waals surface area (Å²) in [6.07, 6.45) is 1.74. The molecule has 2 aromatic rings. The van der Waals surface area contributed by atoms with Crippen LogP contribution < -0.4 is 11.1 Å². The van der Waals surface area contributed by atoms with Crippen molar-refractivity contribution < 1.29 is 9.53 Å².